The minimum atomic E-state index is -1.03. The maximum Gasteiger partial charge on any atom is 0.323 e. The van der Waals surface area contributed by atoms with Crippen LogP contribution in [0.25, 0.3) is 0 Å². The van der Waals surface area contributed by atoms with E-state index >= 15 is 0 Å². The van der Waals surface area contributed by atoms with E-state index in [1.807, 2.05) is 20.8 Å². The molecule has 0 saturated heterocycles. The van der Waals surface area contributed by atoms with Gasteiger partial charge < -0.3 is 20.0 Å². The van der Waals surface area contributed by atoms with Gasteiger partial charge >= 0.3 is 12.0 Å². The lowest BCUT2D eigenvalue weighted by molar-refractivity contribution is -0.138. The Hall–Kier alpha value is -1.30. The molecule has 6 heteroatoms. The third kappa shape index (κ3) is 4.09. The summed E-state index contributed by atoms with van der Waals surface area (Å²) in [5, 5.41) is 18.0. The molecule has 6 nitrogen and oxygen atoms in total. The maximum atomic E-state index is 12.5. The Kier molecular flexibility index (Phi) is 5.17. The van der Waals surface area contributed by atoms with Crippen LogP contribution in [-0.2, 0) is 4.79 Å². The normalized spacial score (nSPS) is 15.8. The molecule has 0 atom stereocenters. The Bertz CT molecular complexity index is 334. The molecule has 19 heavy (non-hydrogen) atoms. The molecule has 0 spiro atoms. The van der Waals surface area contributed by atoms with E-state index in [1.54, 1.807) is 4.90 Å². The molecule has 0 heterocycles. The zero-order chi connectivity index (χ0) is 14.6. The Morgan fingerprint density at radius 1 is 1.26 bits per heavy atom. The number of carbonyl (C=O) groups excluding carboxylic acids is 1. The number of aliphatic hydroxyl groups excluding tert-OH is 1. The molecule has 0 radical (unpaired) electrons. The van der Waals surface area contributed by atoms with Gasteiger partial charge in [0.2, 0.25) is 0 Å². The first-order valence-corrected chi connectivity index (χ1v) is 6.68. The second-order valence-electron chi connectivity index (χ2n) is 5.94. The monoisotopic (exact) mass is 272 g/mol. The first kappa shape index (κ1) is 15.8. The molecule has 2 amide bonds. The summed E-state index contributed by atoms with van der Waals surface area (Å²) in [6.07, 6.45) is 2.93. The van der Waals surface area contributed by atoms with Gasteiger partial charge in [-0.1, -0.05) is 0 Å². The van der Waals surface area contributed by atoms with Crippen molar-refractivity contribution in [3.8, 4) is 0 Å². The molecule has 1 rings (SSSR count). The standard InChI is InChI=1S/C13H24N2O4/c1-13(2,3)15(9-11(17)18)12(19)14(7-8-16)10-5-4-6-10/h10,16H,4-9H2,1-3H3,(H,17,18). The van der Waals surface area contributed by atoms with Crippen LogP contribution in [-0.4, -0.2) is 63.3 Å². The number of hydrogen-bond acceptors (Lipinski definition) is 3. The molecule has 1 aliphatic rings. The highest BCUT2D eigenvalue weighted by atomic mass is 16.4. The highest BCUT2D eigenvalue weighted by Crippen LogP contribution is 2.27. The maximum absolute atomic E-state index is 12.5. The van der Waals surface area contributed by atoms with Gasteiger partial charge in [-0.05, 0) is 40.0 Å². The van der Waals surface area contributed by atoms with Crippen molar-refractivity contribution in [1.82, 2.24) is 9.80 Å². The lowest BCUT2D eigenvalue weighted by Gasteiger charge is -2.43. The van der Waals surface area contributed by atoms with Crippen LogP contribution in [0.3, 0.4) is 0 Å². The molecule has 110 valence electrons. The first-order valence-electron chi connectivity index (χ1n) is 6.68. The lowest BCUT2D eigenvalue weighted by Crippen LogP contribution is -2.57. The van der Waals surface area contributed by atoms with Crippen LogP contribution in [0.1, 0.15) is 40.0 Å². The second kappa shape index (κ2) is 6.23. The third-order valence-corrected chi connectivity index (χ3v) is 3.44. The van der Waals surface area contributed by atoms with Gasteiger partial charge in [-0.3, -0.25) is 4.79 Å². The van der Waals surface area contributed by atoms with Gasteiger partial charge in [0, 0.05) is 18.1 Å². The third-order valence-electron chi connectivity index (χ3n) is 3.44. The number of carbonyl (C=O) groups is 2. The van der Waals surface area contributed by atoms with E-state index in [0.29, 0.717) is 0 Å². The number of rotatable bonds is 5. The van der Waals surface area contributed by atoms with Crippen molar-refractivity contribution >= 4 is 12.0 Å². The van der Waals surface area contributed by atoms with E-state index in [-0.39, 0.29) is 31.8 Å². The highest BCUT2D eigenvalue weighted by Gasteiger charge is 2.36. The Morgan fingerprint density at radius 2 is 1.84 bits per heavy atom. The molecular formula is C13H24N2O4. The number of aliphatic carboxylic acids is 1. The smallest absolute Gasteiger partial charge is 0.323 e. The van der Waals surface area contributed by atoms with Crippen LogP contribution in [0.15, 0.2) is 0 Å². The molecule has 1 aliphatic carbocycles. The first-order chi connectivity index (χ1) is 8.77. The van der Waals surface area contributed by atoms with Gasteiger partial charge in [-0.2, -0.15) is 0 Å². The quantitative estimate of drug-likeness (QED) is 0.786. The summed E-state index contributed by atoms with van der Waals surface area (Å²) in [7, 11) is 0. The molecule has 0 bridgehead atoms. The number of amides is 2. The van der Waals surface area contributed by atoms with Gasteiger partial charge in [0.25, 0.3) is 0 Å². The summed E-state index contributed by atoms with van der Waals surface area (Å²) < 4.78 is 0. The van der Waals surface area contributed by atoms with Crippen molar-refractivity contribution in [1.29, 1.82) is 0 Å². The van der Waals surface area contributed by atoms with Gasteiger partial charge in [0.15, 0.2) is 0 Å². The molecular weight excluding hydrogens is 248 g/mol. The van der Waals surface area contributed by atoms with Crippen molar-refractivity contribution in [2.75, 3.05) is 19.7 Å². The molecule has 1 saturated carbocycles. The average Bonchev–Trinajstić information content (AvgIpc) is 2.20. The SMILES string of the molecule is CC(C)(C)N(CC(=O)O)C(=O)N(CCO)C1CCC1. The van der Waals surface area contributed by atoms with Crippen molar-refractivity contribution in [2.45, 2.75) is 51.6 Å². The molecule has 1 fully saturated rings. The molecule has 2 N–H and O–H groups in total. The highest BCUT2D eigenvalue weighted by molar-refractivity contribution is 5.81. The summed E-state index contributed by atoms with van der Waals surface area (Å²) in [5.74, 6) is -1.03. The number of carboxylic acid groups (broad SMARTS) is 1. The topological polar surface area (TPSA) is 81.1 Å². The van der Waals surface area contributed by atoms with E-state index in [1.165, 1.54) is 4.90 Å². The van der Waals surface area contributed by atoms with Gasteiger partial charge in [0.1, 0.15) is 6.54 Å². The summed E-state index contributed by atoms with van der Waals surface area (Å²) in [5.41, 5.74) is -0.563. The molecule has 0 aromatic rings. The second-order valence-corrected chi connectivity index (χ2v) is 5.94. The number of hydrogen-bond donors (Lipinski definition) is 2. The summed E-state index contributed by atoms with van der Waals surface area (Å²) in [4.78, 5) is 26.4. The van der Waals surface area contributed by atoms with Crippen LogP contribution in [0, 0.1) is 0 Å². The van der Waals surface area contributed by atoms with Crippen molar-refractivity contribution in [3.05, 3.63) is 0 Å². The van der Waals surface area contributed by atoms with Crippen molar-refractivity contribution in [2.24, 2.45) is 0 Å². The molecule has 0 unspecified atom stereocenters. The summed E-state index contributed by atoms with van der Waals surface area (Å²) in [6.45, 7) is 5.27. The fraction of sp³-hybridized carbons (Fsp3) is 0.846. The van der Waals surface area contributed by atoms with Gasteiger partial charge in [0.05, 0.1) is 6.61 Å². The Balaban J connectivity index is 2.85. The van der Waals surface area contributed by atoms with E-state index in [2.05, 4.69) is 0 Å². The zero-order valence-electron chi connectivity index (χ0n) is 11.9. The van der Waals surface area contributed by atoms with Gasteiger partial charge in [-0.25, -0.2) is 4.79 Å². The van der Waals surface area contributed by atoms with Crippen LogP contribution in [0.2, 0.25) is 0 Å². The largest absolute Gasteiger partial charge is 0.480 e. The number of urea groups is 1. The predicted octanol–water partition coefficient (Wildman–Crippen LogP) is 1.14. The van der Waals surface area contributed by atoms with Crippen LogP contribution < -0.4 is 0 Å². The van der Waals surface area contributed by atoms with E-state index in [0.717, 1.165) is 19.3 Å². The predicted molar refractivity (Wildman–Crippen MR) is 70.9 cm³/mol. The molecule has 0 aromatic carbocycles. The fourth-order valence-corrected chi connectivity index (χ4v) is 2.12. The van der Waals surface area contributed by atoms with E-state index < -0.39 is 11.5 Å². The number of carboxylic acids is 1. The lowest BCUT2D eigenvalue weighted by atomic mass is 9.91. The van der Waals surface area contributed by atoms with Crippen LogP contribution in [0.5, 0.6) is 0 Å². The van der Waals surface area contributed by atoms with Gasteiger partial charge in [-0.15, -0.1) is 0 Å². The average molecular weight is 272 g/mol. The summed E-state index contributed by atoms with van der Waals surface area (Å²) >= 11 is 0. The van der Waals surface area contributed by atoms with E-state index in [4.69, 9.17) is 10.2 Å². The molecule has 0 aromatic heterocycles. The zero-order valence-corrected chi connectivity index (χ0v) is 11.9. The number of aliphatic hydroxyl groups is 1. The fourth-order valence-electron chi connectivity index (χ4n) is 2.12. The Labute approximate surface area is 114 Å². The minimum Gasteiger partial charge on any atom is -0.480 e. The van der Waals surface area contributed by atoms with Crippen LogP contribution >= 0.6 is 0 Å². The number of nitrogens with zero attached hydrogens (tertiary/aromatic N) is 2. The minimum absolute atomic E-state index is 0.104. The Morgan fingerprint density at radius 3 is 2.16 bits per heavy atom. The van der Waals surface area contributed by atoms with Crippen molar-refractivity contribution < 1.29 is 19.8 Å². The van der Waals surface area contributed by atoms with E-state index in [9.17, 15) is 9.59 Å². The van der Waals surface area contributed by atoms with Crippen LogP contribution in [0.4, 0.5) is 4.79 Å². The molecule has 0 aliphatic heterocycles. The summed E-state index contributed by atoms with van der Waals surface area (Å²) in [6, 6.07) is -0.160. The van der Waals surface area contributed by atoms with Crippen molar-refractivity contribution in [3.63, 3.8) is 0 Å².